The van der Waals surface area contributed by atoms with Crippen LogP contribution < -0.4 is 10.1 Å². The summed E-state index contributed by atoms with van der Waals surface area (Å²) in [6.45, 7) is 6.37. The molecule has 0 radical (unpaired) electrons. The summed E-state index contributed by atoms with van der Waals surface area (Å²) in [5.74, 6) is 1.30. The number of para-hydroxylation sites is 1. The van der Waals surface area contributed by atoms with Crippen LogP contribution in [0.1, 0.15) is 41.0 Å². The van der Waals surface area contributed by atoms with Crippen molar-refractivity contribution in [3.63, 3.8) is 0 Å². The lowest BCUT2D eigenvalue weighted by Crippen LogP contribution is -2.25. The molecular weight excluding hydrogens is 362 g/mol. The van der Waals surface area contributed by atoms with Gasteiger partial charge in [0.1, 0.15) is 10.6 Å². The van der Waals surface area contributed by atoms with Gasteiger partial charge in [-0.05, 0) is 39.0 Å². The average molecular weight is 383 g/mol. The number of carbonyl (C=O) groups excluding carboxylic acids is 1. The second-order valence-corrected chi connectivity index (χ2v) is 7.52. The maximum absolute atomic E-state index is 12.7. The number of rotatable bonds is 5. The van der Waals surface area contributed by atoms with Crippen molar-refractivity contribution < 1.29 is 13.9 Å². The first-order chi connectivity index (χ1) is 13.0. The van der Waals surface area contributed by atoms with Crippen LogP contribution in [0.25, 0.3) is 21.2 Å². The number of furan rings is 1. The normalized spacial score (nSPS) is 12.6. The van der Waals surface area contributed by atoms with E-state index in [1.807, 2.05) is 62.8 Å². The number of nitrogens with zero attached hydrogens (tertiary/aromatic N) is 2. The van der Waals surface area contributed by atoms with E-state index in [2.05, 4.69) is 10.4 Å². The number of nitrogens with one attached hydrogen (secondary N) is 1. The van der Waals surface area contributed by atoms with E-state index in [0.717, 1.165) is 21.3 Å². The summed E-state index contributed by atoms with van der Waals surface area (Å²) in [7, 11) is 1.89. The zero-order valence-corrected chi connectivity index (χ0v) is 16.5. The number of fused-ring (bicyclic) bond motifs is 2. The molecule has 27 heavy (non-hydrogen) atoms. The fraction of sp³-hybridized carbons (Fsp3) is 0.300. The quantitative estimate of drug-likeness (QED) is 0.548. The topological polar surface area (TPSA) is 69.3 Å². The molecule has 0 spiro atoms. The highest BCUT2D eigenvalue weighted by atomic mass is 32.1. The summed E-state index contributed by atoms with van der Waals surface area (Å²) in [5.41, 5.74) is 1.63. The fourth-order valence-corrected chi connectivity index (χ4v) is 4.22. The molecular formula is C20H21N3O3S. The Labute approximate surface area is 160 Å². The Hall–Kier alpha value is -2.80. The van der Waals surface area contributed by atoms with Crippen molar-refractivity contribution in [3.05, 3.63) is 46.7 Å². The van der Waals surface area contributed by atoms with Crippen LogP contribution in [0, 0.1) is 6.92 Å². The van der Waals surface area contributed by atoms with Crippen molar-refractivity contribution in [1.29, 1.82) is 0 Å². The van der Waals surface area contributed by atoms with E-state index in [-0.39, 0.29) is 11.9 Å². The molecule has 0 aliphatic carbocycles. The van der Waals surface area contributed by atoms with Crippen LogP contribution in [0.2, 0.25) is 0 Å². The highest BCUT2D eigenvalue weighted by molar-refractivity contribution is 7.20. The molecule has 0 aliphatic rings. The van der Waals surface area contributed by atoms with Crippen LogP contribution in [0.3, 0.4) is 0 Å². The number of carbonyl (C=O) groups is 1. The molecule has 3 aromatic heterocycles. The third-order valence-electron chi connectivity index (χ3n) is 4.52. The third kappa shape index (κ3) is 3.08. The minimum atomic E-state index is -0.260. The van der Waals surface area contributed by atoms with Gasteiger partial charge in [-0.2, -0.15) is 5.10 Å². The van der Waals surface area contributed by atoms with Gasteiger partial charge in [0.2, 0.25) is 0 Å². The molecule has 0 saturated carbocycles. The van der Waals surface area contributed by atoms with Gasteiger partial charge >= 0.3 is 0 Å². The van der Waals surface area contributed by atoms with Crippen molar-refractivity contribution in [2.45, 2.75) is 26.8 Å². The Morgan fingerprint density at radius 3 is 2.96 bits per heavy atom. The number of amides is 1. The standard InChI is InChI=1S/C20H21N3O3S/c1-5-25-15-8-6-7-13-9-16(26-18(13)15)12(3)21-19(24)17-10-14-11(2)22-23(4)20(14)27-17/h6-10,12H,5H2,1-4H3,(H,21,24). The first-order valence-corrected chi connectivity index (χ1v) is 9.68. The molecule has 1 unspecified atom stereocenters. The molecule has 0 saturated heterocycles. The van der Waals surface area contributed by atoms with Gasteiger partial charge in [0.15, 0.2) is 11.3 Å². The molecule has 140 valence electrons. The number of hydrogen-bond donors (Lipinski definition) is 1. The Morgan fingerprint density at radius 2 is 2.22 bits per heavy atom. The van der Waals surface area contributed by atoms with Crippen molar-refractivity contribution >= 4 is 38.4 Å². The molecule has 6 nitrogen and oxygen atoms in total. The van der Waals surface area contributed by atoms with Crippen molar-refractivity contribution in [1.82, 2.24) is 15.1 Å². The molecule has 0 bridgehead atoms. The minimum absolute atomic E-state index is 0.117. The summed E-state index contributed by atoms with van der Waals surface area (Å²) in [6.07, 6.45) is 0. The van der Waals surface area contributed by atoms with E-state index in [4.69, 9.17) is 9.15 Å². The summed E-state index contributed by atoms with van der Waals surface area (Å²) < 4.78 is 13.4. The SMILES string of the molecule is CCOc1cccc2cc(C(C)NC(=O)c3cc4c(C)nn(C)c4s3)oc12. The maximum Gasteiger partial charge on any atom is 0.262 e. The van der Waals surface area contributed by atoms with E-state index in [0.29, 0.717) is 28.6 Å². The van der Waals surface area contributed by atoms with Gasteiger partial charge in [-0.25, -0.2) is 0 Å². The smallest absolute Gasteiger partial charge is 0.262 e. The second-order valence-electron chi connectivity index (χ2n) is 6.49. The Morgan fingerprint density at radius 1 is 1.41 bits per heavy atom. The number of benzene rings is 1. The van der Waals surface area contributed by atoms with Crippen LogP contribution in [0.5, 0.6) is 5.75 Å². The number of aromatic nitrogens is 2. The number of ether oxygens (including phenoxy) is 1. The molecule has 4 rings (SSSR count). The summed E-state index contributed by atoms with van der Waals surface area (Å²) in [4.78, 5) is 14.4. The minimum Gasteiger partial charge on any atom is -0.490 e. The first kappa shape index (κ1) is 17.6. The molecule has 0 fully saturated rings. The molecule has 7 heteroatoms. The Kier molecular flexibility index (Phi) is 4.39. The number of hydrogen-bond acceptors (Lipinski definition) is 5. The monoisotopic (exact) mass is 383 g/mol. The number of thiophene rings is 1. The van der Waals surface area contributed by atoms with Gasteiger partial charge in [0.25, 0.3) is 5.91 Å². The average Bonchev–Trinajstić information content (AvgIpc) is 3.32. The van der Waals surface area contributed by atoms with Crippen LogP contribution >= 0.6 is 11.3 Å². The fourth-order valence-electron chi connectivity index (χ4n) is 3.19. The molecule has 4 aromatic rings. The highest BCUT2D eigenvalue weighted by Gasteiger charge is 2.20. The second kappa shape index (κ2) is 6.74. The Bertz CT molecular complexity index is 1100. The lowest BCUT2D eigenvalue weighted by Gasteiger charge is -2.10. The molecule has 0 aliphatic heterocycles. The van der Waals surface area contributed by atoms with Crippen LogP contribution in [0.4, 0.5) is 0 Å². The maximum atomic E-state index is 12.7. The van der Waals surface area contributed by atoms with Gasteiger partial charge in [-0.1, -0.05) is 12.1 Å². The predicted molar refractivity (Wildman–Crippen MR) is 107 cm³/mol. The number of aryl methyl sites for hydroxylation is 2. The van der Waals surface area contributed by atoms with E-state index in [1.165, 1.54) is 11.3 Å². The van der Waals surface area contributed by atoms with Crippen molar-refractivity contribution in [3.8, 4) is 5.75 Å². The van der Waals surface area contributed by atoms with Crippen molar-refractivity contribution in [2.24, 2.45) is 7.05 Å². The molecule has 3 heterocycles. The van der Waals surface area contributed by atoms with E-state index >= 15 is 0 Å². The largest absolute Gasteiger partial charge is 0.490 e. The Balaban J connectivity index is 1.58. The van der Waals surface area contributed by atoms with Gasteiger partial charge in [-0.15, -0.1) is 11.3 Å². The van der Waals surface area contributed by atoms with Gasteiger partial charge in [0, 0.05) is 17.8 Å². The third-order valence-corrected chi connectivity index (χ3v) is 5.72. The van der Waals surface area contributed by atoms with E-state index in [9.17, 15) is 4.79 Å². The molecule has 1 N–H and O–H groups in total. The van der Waals surface area contributed by atoms with Crippen LogP contribution in [-0.4, -0.2) is 22.3 Å². The summed E-state index contributed by atoms with van der Waals surface area (Å²) in [6, 6.07) is 9.38. The zero-order valence-electron chi connectivity index (χ0n) is 15.7. The highest BCUT2D eigenvalue weighted by Crippen LogP contribution is 2.32. The van der Waals surface area contributed by atoms with Gasteiger partial charge < -0.3 is 14.5 Å². The van der Waals surface area contributed by atoms with Crippen LogP contribution in [0.15, 0.2) is 34.7 Å². The molecule has 1 amide bonds. The molecule has 1 atom stereocenters. The lowest BCUT2D eigenvalue weighted by molar-refractivity contribution is 0.0940. The first-order valence-electron chi connectivity index (χ1n) is 8.87. The van der Waals surface area contributed by atoms with Crippen molar-refractivity contribution in [2.75, 3.05) is 6.61 Å². The van der Waals surface area contributed by atoms with Gasteiger partial charge in [0.05, 0.1) is 23.2 Å². The summed E-state index contributed by atoms with van der Waals surface area (Å²) >= 11 is 1.44. The lowest BCUT2D eigenvalue weighted by atomic mass is 10.2. The van der Waals surface area contributed by atoms with E-state index < -0.39 is 0 Å². The zero-order chi connectivity index (χ0) is 19.1. The van der Waals surface area contributed by atoms with Crippen LogP contribution in [-0.2, 0) is 7.05 Å². The van der Waals surface area contributed by atoms with Gasteiger partial charge in [-0.3, -0.25) is 9.48 Å². The molecule has 1 aromatic carbocycles. The summed E-state index contributed by atoms with van der Waals surface area (Å²) in [5, 5.41) is 9.37. The predicted octanol–water partition coefficient (Wildman–Crippen LogP) is 4.58. The van der Waals surface area contributed by atoms with E-state index in [1.54, 1.807) is 0 Å².